The van der Waals surface area contributed by atoms with E-state index in [-0.39, 0.29) is 18.7 Å². The number of hydrogen-bond acceptors (Lipinski definition) is 3. The molecule has 0 heterocycles. The number of rotatable bonds is 3. The molecule has 0 amide bonds. The first-order valence-electron chi connectivity index (χ1n) is 3.69. The van der Waals surface area contributed by atoms with Gasteiger partial charge in [0.25, 0.3) is 0 Å². The summed E-state index contributed by atoms with van der Waals surface area (Å²) in [6.07, 6.45) is 0.194. The molecule has 5 heteroatoms. The molecule has 0 saturated carbocycles. The molecule has 70 valence electrons. The molecule has 0 saturated heterocycles. The second-order valence-corrected chi connectivity index (χ2v) is 3.02. The molecule has 4 nitrogen and oxygen atoms in total. The maximum atomic E-state index is 10.1. The van der Waals surface area contributed by atoms with Crippen LogP contribution in [0.3, 0.4) is 0 Å². The molecule has 1 aromatic carbocycles. The van der Waals surface area contributed by atoms with E-state index in [0.29, 0.717) is 10.6 Å². The van der Waals surface area contributed by atoms with E-state index < -0.39 is 4.92 Å². The Kier molecular flexibility index (Phi) is 3.08. The van der Waals surface area contributed by atoms with Crippen molar-refractivity contribution in [1.82, 2.24) is 0 Å². The molecule has 0 aliphatic carbocycles. The monoisotopic (exact) mass is 201 g/mol. The predicted octanol–water partition coefficient (Wildman–Crippen LogP) is 1.86. The number of benzene rings is 1. The minimum atomic E-state index is -0.430. The summed E-state index contributed by atoms with van der Waals surface area (Å²) in [5.41, 5.74) is 0.504. The third-order valence-corrected chi connectivity index (χ3v) is 1.84. The molecule has 0 spiro atoms. The standard InChI is InChI=1S/C8H8ClNO3/c9-7-1-2-8(11)6(5-7)3-4-10(12)13/h1-2,5,11H,3-4H2. The van der Waals surface area contributed by atoms with Gasteiger partial charge in [-0.15, -0.1) is 0 Å². The van der Waals surface area contributed by atoms with Crippen LogP contribution in [0, 0.1) is 10.1 Å². The number of nitro groups is 1. The van der Waals surface area contributed by atoms with E-state index in [1.165, 1.54) is 18.2 Å². The lowest BCUT2D eigenvalue weighted by Gasteiger charge is -2.01. The molecular weight excluding hydrogens is 194 g/mol. The first kappa shape index (κ1) is 9.80. The zero-order valence-corrected chi connectivity index (χ0v) is 7.49. The SMILES string of the molecule is O=[N+]([O-])CCc1cc(Cl)ccc1O. The second-order valence-electron chi connectivity index (χ2n) is 2.58. The van der Waals surface area contributed by atoms with Crippen molar-refractivity contribution in [2.75, 3.05) is 6.54 Å². The smallest absolute Gasteiger partial charge is 0.208 e. The molecule has 1 N–H and O–H groups in total. The van der Waals surface area contributed by atoms with Gasteiger partial charge in [-0.2, -0.15) is 0 Å². The van der Waals surface area contributed by atoms with Gasteiger partial charge in [0.2, 0.25) is 6.54 Å². The van der Waals surface area contributed by atoms with E-state index in [4.69, 9.17) is 11.6 Å². The van der Waals surface area contributed by atoms with Gasteiger partial charge in [-0.25, -0.2) is 0 Å². The minimum absolute atomic E-state index is 0.0475. The Morgan fingerprint density at radius 2 is 2.23 bits per heavy atom. The molecule has 1 rings (SSSR count). The number of nitrogens with zero attached hydrogens (tertiary/aromatic N) is 1. The number of halogens is 1. The highest BCUT2D eigenvalue weighted by atomic mass is 35.5. The van der Waals surface area contributed by atoms with Crippen LogP contribution < -0.4 is 0 Å². The van der Waals surface area contributed by atoms with E-state index in [2.05, 4.69) is 0 Å². The summed E-state index contributed by atoms with van der Waals surface area (Å²) < 4.78 is 0. The van der Waals surface area contributed by atoms with Gasteiger partial charge in [0.1, 0.15) is 5.75 Å². The van der Waals surface area contributed by atoms with Crippen molar-refractivity contribution < 1.29 is 10.0 Å². The zero-order chi connectivity index (χ0) is 9.84. The van der Waals surface area contributed by atoms with Crippen molar-refractivity contribution in [3.63, 3.8) is 0 Å². The molecule has 0 radical (unpaired) electrons. The van der Waals surface area contributed by atoms with Gasteiger partial charge in [0, 0.05) is 21.9 Å². The van der Waals surface area contributed by atoms with Crippen molar-refractivity contribution in [1.29, 1.82) is 0 Å². The van der Waals surface area contributed by atoms with Crippen LogP contribution in [0.1, 0.15) is 5.56 Å². The Bertz CT molecular complexity index is 327. The van der Waals surface area contributed by atoms with E-state index in [9.17, 15) is 15.2 Å². The molecule has 1 aromatic rings. The Morgan fingerprint density at radius 3 is 2.85 bits per heavy atom. The maximum Gasteiger partial charge on any atom is 0.208 e. The van der Waals surface area contributed by atoms with Crippen LogP contribution in [-0.4, -0.2) is 16.6 Å². The van der Waals surface area contributed by atoms with Gasteiger partial charge in [0.05, 0.1) is 0 Å². The lowest BCUT2D eigenvalue weighted by atomic mass is 10.1. The first-order valence-corrected chi connectivity index (χ1v) is 4.06. The van der Waals surface area contributed by atoms with Crippen LogP contribution >= 0.6 is 11.6 Å². The highest BCUT2D eigenvalue weighted by molar-refractivity contribution is 6.30. The van der Waals surface area contributed by atoms with E-state index >= 15 is 0 Å². The van der Waals surface area contributed by atoms with Crippen LogP contribution in [0.4, 0.5) is 0 Å². The minimum Gasteiger partial charge on any atom is -0.508 e. The molecular formula is C8H8ClNO3. The molecule has 13 heavy (non-hydrogen) atoms. The maximum absolute atomic E-state index is 10.1. The highest BCUT2D eigenvalue weighted by Gasteiger charge is 2.05. The average molecular weight is 202 g/mol. The van der Waals surface area contributed by atoms with Gasteiger partial charge in [-0.1, -0.05) is 11.6 Å². The van der Waals surface area contributed by atoms with Gasteiger partial charge < -0.3 is 5.11 Å². The van der Waals surface area contributed by atoms with Crippen LogP contribution in [-0.2, 0) is 6.42 Å². The van der Waals surface area contributed by atoms with Crippen LogP contribution in [0.25, 0.3) is 0 Å². The first-order chi connectivity index (χ1) is 6.09. The fourth-order valence-electron chi connectivity index (χ4n) is 0.966. The molecule has 0 unspecified atom stereocenters. The van der Waals surface area contributed by atoms with Crippen LogP contribution in [0.15, 0.2) is 18.2 Å². The lowest BCUT2D eigenvalue weighted by Crippen LogP contribution is -2.03. The summed E-state index contributed by atoms with van der Waals surface area (Å²) >= 11 is 5.65. The van der Waals surface area contributed by atoms with Gasteiger partial charge in [0.15, 0.2) is 0 Å². The van der Waals surface area contributed by atoms with Crippen molar-refractivity contribution in [3.05, 3.63) is 38.9 Å². The van der Waals surface area contributed by atoms with E-state index in [1.807, 2.05) is 0 Å². The topological polar surface area (TPSA) is 63.4 Å². The average Bonchev–Trinajstić information content (AvgIpc) is 2.06. The third-order valence-electron chi connectivity index (χ3n) is 1.61. The summed E-state index contributed by atoms with van der Waals surface area (Å²) in [4.78, 5) is 9.63. The van der Waals surface area contributed by atoms with Crippen molar-refractivity contribution in [2.45, 2.75) is 6.42 Å². The van der Waals surface area contributed by atoms with E-state index in [1.54, 1.807) is 0 Å². The number of phenolic OH excluding ortho intramolecular Hbond substituents is 1. The second kappa shape index (κ2) is 4.09. The molecule has 0 aromatic heterocycles. The normalized spacial score (nSPS) is 9.92. The zero-order valence-electron chi connectivity index (χ0n) is 6.74. The van der Waals surface area contributed by atoms with Crippen molar-refractivity contribution in [3.8, 4) is 5.75 Å². The molecule has 0 aliphatic heterocycles. The van der Waals surface area contributed by atoms with E-state index in [0.717, 1.165) is 0 Å². The fraction of sp³-hybridized carbons (Fsp3) is 0.250. The van der Waals surface area contributed by atoms with Crippen LogP contribution in [0.5, 0.6) is 5.75 Å². The largest absolute Gasteiger partial charge is 0.508 e. The summed E-state index contributed by atoms with van der Waals surface area (Å²) in [5.74, 6) is 0.0475. The molecule has 0 aliphatic rings. The quantitative estimate of drug-likeness (QED) is 0.600. The van der Waals surface area contributed by atoms with Gasteiger partial charge in [-0.3, -0.25) is 10.1 Å². The fourth-order valence-corrected chi connectivity index (χ4v) is 1.16. The van der Waals surface area contributed by atoms with Crippen LogP contribution in [0.2, 0.25) is 5.02 Å². The molecule has 0 fully saturated rings. The number of phenols is 1. The summed E-state index contributed by atoms with van der Waals surface area (Å²) in [6.45, 7) is -0.200. The molecule has 0 bridgehead atoms. The summed E-state index contributed by atoms with van der Waals surface area (Å²) in [7, 11) is 0. The Labute approximate surface area is 79.9 Å². The van der Waals surface area contributed by atoms with Crippen molar-refractivity contribution in [2.24, 2.45) is 0 Å². The Balaban J connectivity index is 2.75. The number of aromatic hydroxyl groups is 1. The third kappa shape index (κ3) is 2.91. The predicted molar refractivity (Wildman–Crippen MR) is 48.7 cm³/mol. The Hall–Kier alpha value is -1.29. The number of hydrogen-bond donors (Lipinski definition) is 1. The van der Waals surface area contributed by atoms with Crippen molar-refractivity contribution >= 4 is 11.6 Å². The van der Waals surface area contributed by atoms with Gasteiger partial charge >= 0.3 is 0 Å². The Morgan fingerprint density at radius 1 is 1.54 bits per heavy atom. The summed E-state index contributed by atoms with van der Waals surface area (Å²) in [5, 5.41) is 19.8. The lowest BCUT2D eigenvalue weighted by molar-refractivity contribution is -0.479. The molecule has 0 atom stereocenters. The van der Waals surface area contributed by atoms with Gasteiger partial charge in [-0.05, 0) is 18.2 Å². The summed E-state index contributed by atoms with van der Waals surface area (Å²) in [6, 6.07) is 4.49. The highest BCUT2D eigenvalue weighted by Crippen LogP contribution is 2.21.